The minimum absolute atomic E-state index is 0.157. The van der Waals surface area contributed by atoms with E-state index in [2.05, 4.69) is 9.97 Å². The van der Waals surface area contributed by atoms with Crippen molar-refractivity contribution < 1.29 is 23.0 Å². The molecule has 5 nitrogen and oxygen atoms in total. The summed E-state index contributed by atoms with van der Waals surface area (Å²) < 4.78 is 44.8. The summed E-state index contributed by atoms with van der Waals surface area (Å²) in [6.07, 6.45) is -2.93. The van der Waals surface area contributed by atoms with Gasteiger partial charge in [0.2, 0.25) is 0 Å². The van der Waals surface area contributed by atoms with Crippen LogP contribution in [-0.2, 0) is 17.5 Å². The van der Waals surface area contributed by atoms with Crippen molar-refractivity contribution in [2.24, 2.45) is 0 Å². The lowest BCUT2D eigenvalue weighted by molar-refractivity contribution is -0.141. The second kappa shape index (κ2) is 6.45. The summed E-state index contributed by atoms with van der Waals surface area (Å²) in [4.78, 5) is 7.45. The van der Waals surface area contributed by atoms with Crippen LogP contribution in [0.5, 0.6) is 0 Å². The molecule has 0 radical (unpaired) electrons. The normalized spacial score (nSPS) is 13.4. The molecule has 22 heavy (non-hydrogen) atoms. The molecular weight excluding hydrogens is 299 g/mol. The molecule has 0 fully saturated rings. The molecule has 0 saturated carbocycles. The van der Waals surface area contributed by atoms with Crippen LogP contribution >= 0.6 is 0 Å². The van der Waals surface area contributed by atoms with E-state index in [1.165, 1.54) is 12.4 Å². The standard InChI is InChI=1S/C14H16F3N3O2/c1-3-22-12(21)7-20-8-19-13(9(20)2)10-4-5-18-11(6-10)14(15,16)17/h4-6,8,12,21H,3,7H2,1-2H3. The molecule has 0 aromatic carbocycles. The molecule has 0 spiro atoms. The van der Waals surface area contributed by atoms with Gasteiger partial charge in [-0.2, -0.15) is 13.2 Å². The first kappa shape index (κ1) is 16.4. The molecule has 120 valence electrons. The van der Waals surface area contributed by atoms with Crippen molar-refractivity contribution in [1.29, 1.82) is 0 Å². The van der Waals surface area contributed by atoms with Gasteiger partial charge in [-0.25, -0.2) is 4.98 Å². The zero-order valence-corrected chi connectivity index (χ0v) is 12.1. The third-order valence-corrected chi connectivity index (χ3v) is 3.14. The Hall–Kier alpha value is -1.93. The number of aromatic nitrogens is 3. The summed E-state index contributed by atoms with van der Waals surface area (Å²) in [5, 5.41) is 9.63. The summed E-state index contributed by atoms with van der Waals surface area (Å²) in [5.41, 5.74) is 0.410. The zero-order chi connectivity index (χ0) is 16.3. The fourth-order valence-corrected chi connectivity index (χ4v) is 2.06. The summed E-state index contributed by atoms with van der Waals surface area (Å²) >= 11 is 0. The van der Waals surface area contributed by atoms with Crippen molar-refractivity contribution >= 4 is 0 Å². The topological polar surface area (TPSA) is 60.2 Å². The van der Waals surface area contributed by atoms with Gasteiger partial charge in [0.05, 0.1) is 18.6 Å². The Balaban J connectivity index is 2.29. The van der Waals surface area contributed by atoms with Crippen LogP contribution in [-0.4, -0.2) is 32.5 Å². The lowest BCUT2D eigenvalue weighted by Crippen LogP contribution is -2.19. The number of hydrogen-bond donors (Lipinski definition) is 1. The third kappa shape index (κ3) is 3.63. The minimum atomic E-state index is -4.50. The number of imidazole rings is 1. The quantitative estimate of drug-likeness (QED) is 0.862. The number of aliphatic hydroxyl groups excluding tert-OH is 1. The van der Waals surface area contributed by atoms with Crippen molar-refractivity contribution in [2.75, 3.05) is 6.61 Å². The van der Waals surface area contributed by atoms with Crippen molar-refractivity contribution in [1.82, 2.24) is 14.5 Å². The Morgan fingerprint density at radius 1 is 1.36 bits per heavy atom. The van der Waals surface area contributed by atoms with Crippen molar-refractivity contribution in [3.05, 3.63) is 36.0 Å². The van der Waals surface area contributed by atoms with Gasteiger partial charge < -0.3 is 14.4 Å². The largest absolute Gasteiger partial charge is 0.433 e. The lowest BCUT2D eigenvalue weighted by Gasteiger charge is -2.12. The highest BCUT2D eigenvalue weighted by molar-refractivity contribution is 5.61. The van der Waals surface area contributed by atoms with E-state index in [0.29, 0.717) is 23.6 Å². The predicted molar refractivity (Wildman–Crippen MR) is 72.8 cm³/mol. The fraction of sp³-hybridized carbons (Fsp3) is 0.429. The highest BCUT2D eigenvalue weighted by atomic mass is 19.4. The number of alkyl halides is 3. The van der Waals surface area contributed by atoms with Crippen LogP contribution < -0.4 is 0 Å². The molecule has 0 saturated heterocycles. The van der Waals surface area contributed by atoms with Crippen LogP contribution in [0.2, 0.25) is 0 Å². The van der Waals surface area contributed by atoms with Crippen molar-refractivity contribution in [2.45, 2.75) is 32.9 Å². The van der Waals surface area contributed by atoms with Crippen LogP contribution in [0.3, 0.4) is 0 Å². The number of rotatable bonds is 5. The van der Waals surface area contributed by atoms with Gasteiger partial charge in [0.15, 0.2) is 6.29 Å². The van der Waals surface area contributed by atoms with Crippen LogP contribution in [0.1, 0.15) is 18.3 Å². The SMILES string of the molecule is CCOC(O)Cn1cnc(-c2ccnc(C(F)(F)F)c2)c1C. The van der Waals surface area contributed by atoms with E-state index in [1.54, 1.807) is 18.4 Å². The first-order chi connectivity index (χ1) is 10.3. The molecule has 1 atom stereocenters. The van der Waals surface area contributed by atoms with E-state index in [9.17, 15) is 18.3 Å². The molecule has 0 aliphatic rings. The van der Waals surface area contributed by atoms with E-state index < -0.39 is 18.2 Å². The average molecular weight is 315 g/mol. The number of ether oxygens (including phenoxy) is 1. The summed E-state index contributed by atoms with van der Waals surface area (Å²) in [5.74, 6) is 0. The number of pyridine rings is 1. The Morgan fingerprint density at radius 3 is 2.73 bits per heavy atom. The number of hydrogen-bond acceptors (Lipinski definition) is 4. The van der Waals surface area contributed by atoms with Gasteiger partial charge in [0.1, 0.15) is 5.69 Å². The number of aliphatic hydroxyl groups is 1. The Labute approximate surface area is 125 Å². The predicted octanol–water partition coefficient (Wildman–Crippen LogP) is 2.63. The van der Waals surface area contributed by atoms with Gasteiger partial charge in [-0.3, -0.25) is 4.98 Å². The maximum Gasteiger partial charge on any atom is 0.433 e. The second-order valence-electron chi connectivity index (χ2n) is 4.67. The molecule has 1 N–H and O–H groups in total. The smallest absolute Gasteiger partial charge is 0.366 e. The van der Waals surface area contributed by atoms with E-state index >= 15 is 0 Å². The van der Waals surface area contributed by atoms with E-state index in [-0.39, 0.29) is 6.54 Å². The minimum Gasteiger partial charge on any atom is -0.366 e. The van der Waals surface area contributed by atoms with Gasteiger partial charge in [0, 0.05) is 24.1 Å². The molecule has 0 aliphatic carbocycles. The fourth-order valence-electron chi connectivity index (χ4n) is 2.06. The number of halogens is 3. The van der Waals surface area contributed by atoms with Crippen LogP contribution in [0.15, 0.2) is 24.7 Å². The maximum absolute atomic E-state index is 12.7. The van der Waals surface area contributed by atoms with Crippen molar-refractivity contribution in [3.8, 4) is 11.3 Å². The van der Waals surface area contributed by atoms with Crippen LogP contribution in [0.25, 0.3) is 11.3 Å². The molecule has 2 rings (SSSR count). The molecule has 2 heterocycles. The van der Waals surface area contributed by atoms with Gasteiger partial charge in [-0.1, -0.05) is 0 Å². The lowest BCUT2D eigenvalue weighted by atomic mass is 10.1. The molecule has 2 aromatic rings. The van der Waals surface area contributed by atoms with E-state index in [4.69, 9.17) is 4.74 Å². The summed E-state index contributed by atoms with van der Waals surface area (Å²) in [6, 6.07) is 2.42. The number of nitrogens with zero attached hydrogens (tertiary/aromatic N) is 3. The molecule has 0 amide bonds. The highest BCUT2D eigenvalue weighted by Gasteiger charge is 2.32. The van der Waals surface area contributed by atoms with Gasteiger partial charge in [0.25, 0.3) is 0 Å². The van der Waals surface area contributed by atoms with Gasteiger partial charge >= 0.3 is 6.18 Å². The first-order valence-corrected chi connectivity index (χ1v) is 6.68. The first-order valence-electron chi connectivity index (χ1n) is 6.68. The third-order valence-electron chi connectivity index (χ3n) is 3.14. The average Bonchev–Trinajstić information content (AvgIpc) is 2.80. The molecule has 8 heteroatoms. The Kier molecular flexibility index (Phi) is 4.82. The van der Waals surface area contributed by atoms with E-state index in [0.717, 1.165) is 12.3 Å². The second-order valence-corrected chi connectivity index (χ2v) is 4.67. The monoisotopic (exact) mass is 315 g/mol. The maximum atomic E-state index is 12.7. The van der Waals surface area contributed by atoms with Gasteiger partial charge in [-0.15, -0.1) is 0 Å². The van der Waals surface area contributed by atoms with E-state index in [1.807, 2.05) is 0 Å². The molecule has 0 aliphatic heterocycles. The Bertz CT molecular complexity index is 641. The highest BCUT2D eigenvalue weighted by Crippen LogP contribution is 2.30. The van der Waals surface area contributed by atoms with Gasteiger partial charge in [-0.05, 0) is 26.0 Å². The van der Waals surface area contributed by atoms with Crippen LogP contribution in [0, 0.1) is 6.92 Å². The molecule has 2 aromatic heterocycles. The molecule has 1 unspecified atom stereocenters. The van der Waals surface area contributed by atoms with Crippen molar-refractivity contribution in [3.63, 3.8) is 0 Å². The zero-order valence-electron chi connectivity index (χ0n) is 12.1. The Morgan fingerprint density at radius 2 is 2.09 bits per heavy atom. The summed E-state index contributed by atoms with van der Waals surface area (Å²) in [6.45, 7) is 3.99. The molecule has 0 bridgehead atoms. The summed E-state index contributed by atoms with van der Waals surface area (Å²) in [7, 11) is 0. The van der Waals surface area contributed by atoms with Crippen LogP contribution in [0.4, 0.5) is 13.2 Å². The molecular formula is C14H16F3N3O2.